The van der Waals surface area contributed by atoms with Gasteiger partial charge in [0.15, 0.2) is 9.04 Å². The van der Waals surface area contributed by atoms with E-state index in [0.29, 0.717) is 0 Å². The maximum atomic E-state index is 5.34. The molecule has 0 heterocycles. The third kappa shape index (κ3) is 4.79. The summed E-state index contributed by atoms with van der Waals surface area (Å²) in [6.45, 7) is 4.17. The Morgan fingerprint density at radius 1 is 1.11 bits per heavy atom. The normalized spacial score (nSPS) is 11.3. The first kappa shape index (κ1) is 9.31. The standard InChI is InChI=1S/C4H13O3Si2/c1-5-9(6-2)7-8(3)4/h8H,1-4H3. The van der Waals surface area contributed by atoms with E-state index in [4.69, 9.17) is 13.0 Å². The van der Waals surface area contributed by atoms with Gasteiger partial charge in [-0.15, -0.1) is 0 Å². The van der Waals surface area contributed by atoms with Gasteiger partial charge in [0.05, 0.1) is 0 Å². The Morgan fingerprint density at radius 2 is 1.56 bits per heavy atom. The number of hydrogen-bond acceptors (Lipinski definition) is 3. The highest BCUT2D eigenvalue weighted by atomic mass is 28.4. The first-order chi connectivity index (χ1) is 4.20. The second-order valence-electron chi connectivity index (χ2n) is 1.82. The van der Waals surface area contributed by atoms with Crippen LogP contribution in [-0.4, -0.2) is 32.8 Å². The van der Waals surface area contributed by atoms with Crippen LogP contribution in [0.25, 0.3) is 0 Å². The smallest absolute Gasteiger partial charge is 0.416 e. The monoisotopic (exact) mass is 165 g/mol. The van der Waals surface area contributed by atoms with Gasteiger partial charge >= 0.3 is 9.53 Å². The van der Waals surface area contributed by atoms with E-state index in [2.05, 4.69) is 13.1 Å². The first-order valence-electron chi connectivity index (χ1n) is 2.82. The summed E-state index contributed by atoms with van der Waals surface area (Å²) >= 11 is 0. The van der Waals surface area contributed by atoms with Crippen molar-refractivity contribution in [2.45, 2.75) is 13.1 Å². The fourth-order valence-electron chi connectivity index (χ4n) is 0.372. The molecular formula is C4H13O3Si2. The highest BCUT2D eigenvalue weighted by Gasteiger charge is 2.15. The zero-order chi connectivity index (χ0) is 7.28. The Balaban J connectivity index is 3.31. The van der Waals surface area contributed by atoms with Crippen molar-refractivity contribution in [3.63, 3.8) is 0 Å². The molecule has 0 aromatic rings. The molecule has 0 saturated carbocycles. The molecule has 0 amide bonds. The third-order valence-electron chi connectivity index (χ3n) is 0.665. The van der Waals surface area contributed by atoms with E-state index < -0.39 is 18.6 Å². The zero-order valence-electron chi connectivity index (χ0n) is 6.30. The lowest BCUT2D eigenvalue weighted by molar-refractivity contribution is 0.202. The molecule has 5 heteroatoms. The van der Waals surface area contributed by atoms with Gasteiger partial charge in [0.2, 0.25) is 0 Å². The molecule has 0 aromatic heterocycles. The summed E-state index contributed by atoms with van der Waals surface area (Å²) in [7, 11) is 0.882. The molecule has 0 aliphatic rings. The van der Waals surface area contributed by atoms with E-state index in [1.807, 2.05) is 0 Å². The molecular weight excluding hydrogens is 152 g/mol. The van der Waals surface area contributed by atoms with Gasteiger partial charge < -0.3 is 13.0 Å². The predicted molar refractivity (Wildman–Crippen MR) is 39.7 cm³/mol. The summed E-state index contributed by atoms with van der Waals surface area (Å²) in [5, 5.41) is 0. The van der Waals surface area contributed by atoms with Crippen molar-refractivity contribution in [3.05, 3.63) is 0 Å². The second-order valence-corrected chi connectivity index (χ2v) is 6.18. The number of rotatable bonds is 4. The van der Waals surface area contributed by atoms with Crippen LogP contribution in [0.5, 0.6) is 0 Å². The Hall–Kier alpha value is 0.314. The van der Waals surface area contributed by atoms with Crippen LogP contribution < -0.4 is 0 Å². The Morgan fingerprint density at radius 3 is 1.67 bits per heavy atom. The molecule has 0 rings (SSSR count). The van der Waals surface area contributed by atoms with Crippen LogP contribution in [0.2, 0.25) is 13.1 Å². The summed E-state index contributed by atoms with van der Waals surface area (Å²) < 4.78 is 15.1. The van der Waals surface area contributed by atoms with E-state index in [0.717, 1.165) is 0 Å². The third-order valence-corrected chi connectivity index (χ3v) is 3.99. The Kier molecular flexibility index (Phi) is 5.31. The van der Waals surface area contributed by atoms with Crippen molar-refractivity contribution in [2.24, 2.45) is 0 Å². The van der Waals surface area contributed by atoms with Crippen molar-refractivity contribution in [3.8, 4) is 0 Å². The summed E-state index contributed by atoms with van der Waals surface area (Å²) in [4.78, 5) is 0. The highest BCUT2D eigenvalue weighted by molar-refractivity contribution is 6.58. The SMILES string of the molecule is CO[Si](OC)O[SiH](C)C. The summed E-state index contributed by atoms with van der Waals surface area (Å²) in [5.41, 5.74) is 0. The average Bonchev–Trinajstić information content (AvgIpc) is 1.82. The molecule has 0 aromatic carbocycles. The first-order valence-corrected chi connectivity index (χ1v) is 6.82. The van der Waals surface area contributed by atoms with Crippen LogP contribution in [0.3, 0.4) is 0 Å². The van der Waals surface area contributed by atoms with Crippen LogP contribution in [0.4, 0.5) is 0 Å². The van der Waals surface area contributed by atoms with Crippen molar-refractivity contribution < 1.29 is 13.0 Å². The molecule has 0 unspecified atom stereocenters. The average molecular weight is 165 g/mol. The minimum Gasteiger partial charge on any atom is -0.416 e. The van der Waals surface area contributed by atoms with Crippen LogP contribution in [0.15, 0.2) is 0 Å². The predicted octanol–water partition coefficient (Wildman–Crippen LogP) is 0.264. The quantitative estimate of drug-likeness (QED) is 0.559. The van der Waals surface area contributed by atoms with Gasteiger partial charge in [-0.05, 0) is 13.1 Å². The van der Waals surface area contributed by atoms with E-state index in [1.165, 1.54) is 0 Å². The maximum absolute atomic E-state index is 5.34. The molecule has 1 radical (unpaired) electrons. The van der Waals surface area contributed by atoms with Crippen LogP contribution >= 0.6 is 0 Å². The fourth-order valence-corrected chi connectivity index (χ4v) is 2.85. The zero-order valence-corrected chi connectivity index (χ0v) is 8.46. The molecule has 0 N–H and O–H groups in total. The van der Waals surface area contributed by atoms with Crippen LogP contribution in [0.1, 0.15) is 0 Å². The van der Waals surface area contributed by atoms with E-state index in [-0.39, 0.29) is 0 Å². The van der Waals surface area contributed by atoms with Crippen LogP contribution in [-0.2, 0) is 13.0 Å². The summed E-state index contributed by atoms with van der Waals surface area (Å²) in [5.74, 6) is 0. The van der Waals surface area contributed by atoms with E-state index in [9.17, 15) is 0 Å². The van der Waals surface area contributed by atoms with Gasteiger partial charge in [0.1, 0.15) is 0 Å². The molecule has 0 fully saturated rings. The molecule has 0 saturated heterocycles. The summed E-state index contributed by atoms with van der Waals surface area (Å²) in [6.07, 6.45) is 0. The molecule has 3 nitrogen and oxygen atoms in total. The molecule has 0 bridgehead atoms. The minimum absolute atomic E-state index is 0.968. The second kappa shape index (κ2) is 5.13. The van der Waals surface area contributed by atoms with Crippen molar-refractivity contribution in [1.29, 1.82) is 0 Å². The van der Waals surface area contributed by atoms with Crippen molar-refractivity contribution >= 4 is 18.6 Å². The Bertz CT molecular complexity index is 64.8. The van der Waals surface area contributed by atoms with Crippen molar-refractivity contribution in [1.82, 2.24) is 0 Å². The maximum Gasteiger partial charge on any atom is 0.565 e. The lowest BCUT2D eigenvalue weighted by Crippen LogP contribution is -2.29. The Labute approximate surface area is 59.6 Å². The number of hydrogen-bond donors (Lipinski definition) is 0. The molecule has 55 valence electrons. The lowest BCUT2D eigenvalue weighted by atomic mass is 11.8. The van der Waals surface area contributed by atoms with Gasteiger partial charge in [0, 0.05) is 14.2 Å². The molecule has 9 heavy (non-hydrogen) atoms. The fraction of sp³-hybridized carbons (Fsp3) is 1.00. The summed E-state index contributed by atoms with van der Waals surface area (Å²) in [6, 6.07) is 0. The highest BCUT2D eigenvalue weighted by Crippen LogP contribution is 1.91. The topological polar surface area (TPSA) is 27.7 Å². The molecule has 0 spiro atoms. The minimum atomic E-state index is -1.36. The lowest BCUT2D eigenvalue weighted by Gasteiger charge is -2.11. The van der Waals surface area contributed by atoms with E-state index >= 15 is 0 Å². The van der Waals surface area contributed by atoms with Gasteiger partial charge in [-0.1, -0.05) is 0 Å². The molecule has 0 aliphatic carbocycles. The van der Waals surface area contributed by atoms with Crippen molar-refractivity contribution in [2.75, 3.05) is 14.2 Å². The van der Waals surface area contributed by atoms with Gasteiger partial charge in [-0.2, -0.15) is 0 Å². The molecule has 0 atom stereocenters. The molecule has 0 aliphatic heterocycles. The van der Waals surface area contributed by atoms with Crippen LogP contribution in [0, 0.1) is 0 Å². The van der Waals surface area contributed by atoms with Gasteiger partial charge in [-0.25, -0.2) is 0 Å². The largest absolute Gasteiger partial charge is 0.565 e. The van der Waals surface area contributed by atoms with E-state index in [1.54, 1.807) is 14.2 Å². The van der Waals surface area contributed by atoms with Gasteiger partial charge in [-0.3, -0.25) is 0 Å². The van der Waals surface area contributed by atoms with Gasteiger partial charge in [0.25, 0.3) is 0 Å².